The van der Waals surface area contributed by atoms with Gasteiger partial charge in [-0.25, -0.2) is 0 Å². The van der Waals surface area contributed by atoms with Gasteiger partial charge in [0.2, 0.25) is 0 Å². The zero-order valence-electron chi connectivity index (χ0n) is 32.6. The minimum atomic E-state index is 0.880. The normalized spacial score (nSPS) is 12.0. The molecule has 0 amide bonds. The Kier molecular flexibility index (Phi) is 7.05. The molecule has 0 aliphatic carbocycles. The molecule has 13 aromatic rings. The molecule has 0 fully saturated rings. The number of benzene rings is 11. The number of hydrogen-bond acceptors (Lipinski definition) is 1. The van der Waals surface area contributed by atoms with E-state index in [0.717, 1.165) is 27.5 Å². The van der Waals surface area contributed by atoms with E-state index in [2.05, 4.69) is 217 Å². The van der Waals surface area contributed by atoms with E-state index in [0.29, 0.717) is 0 Å². The highest BCUT2D eigenvalue weighted by Crippen LogP contribution is 2.50. The average molecular weight is 762 g/mol. The fraction of sp³-hybridized carbons (Fsp3) is 0. The molecule has 0 saturated heterocycles. The summed E-state index contributed by atoms with van der Waals surface area (Å²) in [4.78, 5) is 0. The van der Waals surface area contributed by atoms with Crippen molar-refractivity contribution in [1.29, 1.82) is 0 Å². The van der Waals surface area contributed by atoms with Gasteiger partial charge in [0, 0.05) is 43.4 Å². The van der Waals surface area contributed by atoms with Gasteiger partial charge in [0.15, 0.2) is 0 Å². The molecule has 0 spiro atoms. The van der Waals surface area contributed by atoms with Crippen molar-refractivity contribution in [2.24, 2.45) is 0 Å². The second-order valence-corrected chi connectivity index (χ2v) is 15.9. The molecular formula is C58H35NO. The lowest BCUT2D eigenvalue weighted by atomic mass is 9.85. The van der Waals surface area contributed by atoms with Crippen molar-refractivity contribution >= 4 is 86.8 Å². The minimum absolute atomic E-state index is 0.880. The van der Waals surface area contributed by atoms with E-state index in [-0.39, 0.29) is 0 Å². The van der Waals surface area contributed by atoms with Gasteiger partial charge in [-0.15, -0.1) is 0 Å². The molecule has 0 bridgehead atoms. The Morgan fingerprint density at radius 2 is 0.683 bits per heavy atom. The van der Waals surface area contributed by atoms with Crippen LogP contribution in [0.4, 0.5) is 0 Å². The summed E-state index contributed by atoms with van der Waals surface area (Å²) in [6.45, 7) is 0. The molecule has 2 heteroatoms. The van der Waals surface area contributed by atoms with Gasteiger partial charge in [-0.1, -0.05) is 194 Å². The van der Waals surface area contributed by atoms with E-state index in [4.69, 9.17) is 4.42 Å². The Morgan fingerprint density at radius 1 is 0.283 bits per heavy atom. The van der Waals surface area contributed by atoms with Gasteiger partial charge >= 0.3 is 0 Å². The van der Waals surface area contributed by atoms with E-state index >= 15 is 0 Å². The predicted octanol–water partition coefficient (Wildman–Crippen LogP) is 16.3. The zero-order valence-corrected chi connectivity index (χ0v) is 32.6. The fourth-order valence-corrected chi connectivity index (χ4v) is 10.4. The molecule has 2 nitrogen and oxygen atoms in total. The van der Waals surface area contributed by atoms with Crippen LogP contribution in [0.5, 0.6) is 0 Å². The molecule has 60 heavy (non-hydrogen) atoms. The number of aromatic nitrogens is 1. The monoisotopic (exact) mass is 761 g/mol. The predicted molar refractivity (Wildman–Crippen MR) is 254 cm³/mol. The second-order valence-electron chi connectivity index (χ2n) is 15.9. The number of furan rings is 1. The van der Waals surface area contributed by atoms with Crippen molar-refractivity contribution < 1.29 is 4.42 Å². The van der Waals surface area contributed by atoms with Crippen LogP contribution >= 0.6 is 0 Å². The average Bonchev–Trinajstić information content (AvgIpc) is 3.87. The third-order valence-electron chi connectivity index (χ3n) is 12.8. The molecule has 2 aromatic heterocycles. The third-order valence-corrected chi connectivity index (χ3v) is 12.8. The molecule has 0 saturated carbocycles. The summed E-state index contributed by atoms with van der Waals surface area (Å²) in [6.07, 6.45) is 0. The van der Waals surface area contributed by atoms with Crippen LogP contribution in [0.15, 0.2) is 217 Å². The first-order chi connectivity index (χ1) is 29.8. The van der Waals surface area contributed by atoms with Crippen molar-refractivity contribution in [3.05, 3.63) is 212 Å². The van der Waals surface area contributed by atoms with Crippen LogP contribution in [0.25, 0.3) is 126 Å². The van der Waals surface area contributed by atoms with Crippen molar-refractivity contribution in [3.8, 4) is 39.1 Å². The smallest absolute Gasteiger partial charge is 0.143 e. The molecule has 0 aliphatic rings. The lowest BCUT2D eigenvalue weighted by molar-refractivity contribution is 0.670. The molecular weight excluding hydrogens is 727 g/mol. The maximum absolute atomic E-state index is 7.13. The van der Waals surface area contributed by atoms with Gasteiger partial charge in [-0.05, 0) is 72.8 Å². The number of hydrogen-bond donors (Lipinski definition) is 0. The van der Waals surface area contributed by atoms with Gasteiger partial charge < -0.3 is 8.98 Å². The molecule has 0 aliphatic heterocycles. The number of rotatable bonds is 4. The first-order valence-corrected chi connectivity index (χ1v) is 20.7. The fourth-order valence-electron chi connectivity index (χ4n) is 10.4. The van der Waals surface area contributed by atoms with E-state index in [1.165, 1.54) is 98.4 Å². The van der Waals surface area contributed by atoms with Crippen LogP contribution in [0.2, 0.25) is 0 Å². The van der Waals surface area contributed by atoms with Gasteiger partial charge in [0.1, 0.15) is 11.2 Å². The Labute approximate surface area is 345 Å². The number of nitrogens with zero attached hydrogens (tertiary/aromatic N) is 1. The maximum atomic E-state index is 7.13. The van der Waals surface area contributed by atoms with Crippen LogP contribution in [-0.2, 0) is 0 Å². The first-order valence-electron chi connectivity index (χ1n) is 20.7. The molecule has 278 valence electrons. The number of fused-ring (bicyclic) bond motifs is 10. The molecule has 0 atom stereocenters. The molecule has 0 N–H and O–H groups in total. The minimum Gasteiger partial charge on any atom is -0.455 e. The standard InChI is InChI=1S/C58H35NO/c1-2-18-36(19-3-1)53-39-22-4-6-24-41(39)54(42-25-7-5-23-40(42)53)47-30-17-35-52-56(47)49-32-16-31-48(58(49)60-52)55-43-26-8-10-28-45(43)57(46-29-11-9-27-44(46)55)59-50-33-14-12-20-37(50)38-21-13-15-34-51(38)59/h1-35H. The SMILES string of the molecule is c1ccc(-c2c3ccccc3c(-c3cccc4oc5c(-c6c7ccccc7c(-n7c8ccccc8c8ccccc87)c7ccccc67)cccc5c34)c3ccccc23)cc1. The van der Waals surface area contributed by atoms with Gasteiger partial charge in [-0.2, -0.15) is 0 Å². The summed E-state index contributed by atoms with van der Waals surface area (Å²) in [5.41, 5.74) is 12.5. The zero-order chi connectivity index (χ0) is 39.3. The van der Waals surface area contributed by atoms with Crippen molar-refractivity contribution in [2.45, 2.75) is 0 Å². The van der Waals surface area contributed by atoms with E-state index in [9.17, 15) is 0 Å². The first kappa shape index (κ1) is 33.1. The summed E-state index contributed by atoms with van der Waals surface area (Å²) < 4.78 is 9.60. The molecule has 13 rings (SSSR count). The van der Waals surface area contributed by atoms with Gasteiger partial charge in [0.25, 0.3) is 0 Å². The molecule has 11 aromatic carbocycles. The summed E-state index contributed by atoms with van der Waals surface area (Å²) in [5, 5.41) is 14.5. The largest absolute Gasteiger partial charge is 0.455 e. The van der Waals surface area contributed by atoms with E-state index < -0.39 is 0 Å². The van der Waals surface area contributed by atoms with Crippen molar-refractivity contribution in [1.82, 2.24) is 4.57 Å². The van der Waals surface area contributed by atoms with Crippen LogP contribution in [0.1, 0.15) is 0 Å². The number of para-hydroxylation sites is 3. The summed E-state index contributed by atoms with van der Waals surface area (Å²) in [7, 11) is 0. The maximum Gasteiger partial charge on any atom is 0.143 e. The third kappa shape index (κ3) is 4.59. The van der Waals surface area contributed by atoms with Crippen LogP contribution in [-0.4, -0.2) is 4.57 Å². The van der Waals surface area contributed by atoms with Crippen LogP contribution in [0.3, 0.4) is 0 Å². The Hall–Kier alpha value is -7.94. The Balaban J connectivity index is 1.12. The van der Waals surface area contributed by atoms with Crippen molar-refractivity contribution in [2.75, 3.05) is 0 Å². The Morgan fingerprint density at radius 3 is 1.25 bits per heavy atom. The summed E-state index contributed by atoms with van der Waals surface area (Å²) >= 11 is 0. The van der Waals surface area contributed by atoms with Crippen LogP contribution in [0, 0.1) is 0 Å². The Bertz CT molecular complexity index is 3720. The molecule has 0 radical (unpaired) electrons. The molecule has 2 heterocycles. The van der Waals surface area contributed by atoms with Crippen molar-refractivity contribution in [3.63, 3.8) is 0 Å². The second kappa shape index (κ2) is 12.8. The van der Waals surface area contributed by atoms with Gasteiger partial charge in [0.05, 0.1) is 16.7 Å². The highest BCUT2D eigenvalue weighted by molar-refractivity contribution is 6.28. The summed E-state index contributed by atoms with van der Waals surface area (Å²) in [5.74, 6) is 0. The van der Waals surface area contributed by atoms with Gasteiger partial charge in [-0.3, -0.25) is 0 Å². The van der Waals surface area contributed by atoms with Crippen LogP contribution < -0.4 is 0 Å². The van der Waals surface area contributed by atoms with E-state index in [1.54, 1.807) is 0 Å². The summed E-state index contributed by atoms with van der Waals surface area (Å²) in [6, 6.07) is 77.2. The quantitative estimate of drug-likeness (QED) is 0.163. The highest BCUT2D eigenvalue weighted by Gasteiger charge is 2.24. The van der Waals surface area contributed by atoms with E-state index in [1.807, 2.05) is 0 Å². The molecule has 0 unspecified atom stereocenters. The lowest BCUT2D eigenvalue weighted by Gasteiger charge is -2.19. The lowest BCUT2D eigenvalue weighted by Crippen LogP contribution is -1.99. The topological polar surface area (TPSA) is 18.1 Å². The highest BCUT2D eigenvalue weighted by atomic mass is 16.3.